The van der Waals surface area contributed by atoms with Crippen LogP contribution >= 0.6 is 0 Å². The summed E-state index contributed by atoms with van der Waals surface area (Å²) in [5.74, 6) is 0. The van der Waals surface area contributed by atoms with Crippen molar-refractivity contribution in [1.82, 2.24) is 0 Å². The molecule has 3 aromatic carbocycles. The van der Waals surface area contributed by atoms with Gasteiger partial charge < -0.3 is 8.83 Å². The van der Waals surface area contributed by atoms with Crippen molar-refractivity contribution in [1.29, 1.82) is 0 Å². The van der Waals surface area contributed by atoms with Crippen LogP contribution in [0.4, 0.5) is 0 Å². The molecule has 5 rings (SSSR count). The summed E-state index contributed by atoms with van der Waals surface area (Å²) < 4.78 is 11.7. The molecule has 0 aliphatic rings. The van der Waals surface area contributed by atoms with E-state index in [1.54, 1.807) is 6.26 Å². The Bertz CT molecular complexity index is 1390. The monoisotopic (exact) mass is 380 g/mol. The van der Waals surface area contributed by atoms with Crippen LogP contribution in [-0.4, -0.2) is 0 Å². The molecule has 0 radical (unpaired) electrons. The molecule has 3 nitrogen and oxygen atoms in total. The van der Waals surface area contributed by atoms with Gasteiger partial charge in [-0.15, -0.1) is 0 Å². The van der Waals surface area contributed by atoms with Crippen LogP contribution in [0.3, 0.4) is 0 Å². The summed E-state index contributed by atoms with van der Waals surface area (Å²) in [5.41, 5.74) is 6.83. The van der Waals surface area contributed by atoms with Gasteiger partial charge in [0.1, 0.15) is 11.2 Å². The first-order chi connectivity index (χ1) is 14.1. The van der Waals surface area contributed by atoms with Crippen LogP contribution in [-0.2, 0) is 6.42 Å². The lowest BCUT2D eigenvalue weighted by atomic mass is 9.96. The highest BCUT2D eigenvalue weighted by Gasteiger charge is 2.19. The van der Waals surface area contributed by atoms with Crippen LogP contribution in [0.2, 0.25) is 0 Å². The van der Waals surface area contributed by atoms with Crippen molar-refractivity contribution in [2.24, 2.45) is 0 Å². The van der Waals surface area contributed by atoms with Gasteiger partial charge in [0, 0.05) is 33.9 Å². The number of hydrogen-bond donors (Lipinski definition) is 0. The fourth-order valence-electron chi connectivity index (χ4n) is 4.04. The second-order valence-electron chi connectivity index (χ2n) is 7.43. The maximum Gasteiger partial charge on any atom is 0.340 e. The minimum absolute atomic E-state index is 0.281. The molecule has 0 saturated heterocycles. The molecule has 0 saturated carbocycles. The molecule has 0 amide bonds. The van der Waals surface area contributed by atoms with Crippen molar-refractivity contribution in [2.45, 2.75) is 20.3 Å². The van der Waals surface area contributed by atoms with Gasteiger partial charge in [-0.1, -0.05) is 60.7 Å². The molecule has 0 bridgehead atoms. The first kappa shape index (κ1) is 17.5. The molecular weight excluding hydrogens is 360 g/mol. The highest BCUT2D eigenvalue weighted by atomic mass is 16.4. The Morgan fingerprint density at radius 2 is 1.48 bits per heavy atom. The van der Waals surface area contributed by atoms with Crippen molar-refractivity contribution in [3.63, 3.8) is 0 Å². The van der Waals surface area contributed by atoms with Gasteiger partial charge in [-0.05, 0) is 36.6 Å². The molecule has 2 aromatic heterocycles. The second kappa shape index (κ2) is 6.78. The normalized spacial score (nSPS) is 11.4. The van der Waals surface area contributed by atoms with Crippen LogP contribution in [0.15, 0.2) is 86.6 Å². The van der Waals surface area contributed by atoms with Gasteiger partial charge >= 0.3 is 5.63 Å². The van der Waals surface area contributed by atoms with Crippen LogP contribution in [0.1, 0.15) is 22.3 Å². The van der Waals surface area contributed by atoms with E-state index in [1.807, 2.05) is 62.4 Å². The average molecular weight is 380 g/mol. The zero-order valence-corrected chi connectivity index (χ0v) is 16.4. The third-order valence-corrected chi connectivity index (χ3v) is 5.65. The first-order valence-corrected chi connectivity index (χ1v) is 9.70. The number of furan rings is 1. The van der Waals surface area contributed by atoms with E-state index in [2.05, 4.69) is 18.2 Å². The lowest BCUT2D eigenvalue weighted by Crippen LogP contribution is -2.11. The lowest BCUT2D eigenvalue weighted by molar-refractivity contribution is 0.546. The zero-order valence-electron chi connectivity index (χ0n) is 16.4. The fraction of sp³-hybridized carbons (Fsp3) is 0.115. The minimum Gasteiger partial charge on any atom is -0.463 e. The zero-order chi connectivity index (χ0) is 20.0. The summed E-state index contributed by atoms with van der Waals surface area (Å²) >= 11 is 0. The standard InChI is InChI=1S/C26H20O3/c1-16-20-14-22-23(19-11-7-4-8-12-19)15-28-24(22)17(2)25(20)29-26(27)21(16)13-18-9-5-3-6-10-18/h3-12,14-15H,13H2,1-2H3. The van der Waals surface area contributed by atoms with Gasteiger partial charge in [0.05, 0.1) is 6.26 Å². The molecule has 0 aliphatic carbocycles. The Hall–Kier alpha value is -3.59. The van der Waals surface area contributed by atoms with Gasteiger partial charge in [-0.3, -0.25) is 0 Å². The average Bonchev–Trinajstić information content (AvgIpc) is 3.18. The highest BCUT2D eigenvalue weighted by molar-refractivity contribution is 6.04. The number of hydrogen-bond acceptors (Lipinski definition) is 3. The second-order valence-corrected chi connectivity index (χ2v) is 7.43. The van der Waals surface area contributed by atoms with Gasteiger partial charge in [-0.2, -0.15) is 0 Å². The van der Waals surface area contributed by atoms with Gasteiger partial charge in [0.25, 0.3) is 0 Å². The third-order valence-electron chi connectivity index (χ3n) is 5.65. The van der Waals surface area contributed by atoms with Crippen molar-refractivity contribution >= 4 is 21.9 Å². The summed E-state index contributed by atoms with van der Waals surface area (Å²) in [7, 11) is 0. The van der Waals surface area contributed by atoms with Crippen LogP contribution < -0.4 is 5.63 Å². The minimum atomic E-state index is -0.281. The SMILES string of the molecule is Cc1c(Cc2ccccc2)c(=O)oc2c(C)c3occ(-c4ccccc4)c3cc12. The molecule has 5 aromatic rings. The molecule has 0 unspecified atom stereocenters. The predicted octanol–water partition coefficient (Wildman–Crippen LogP) is 6.41. The van der Waals surface area contributed by atoms with Crippen LogP contribution in [0.5, 0.6) is 0 Å². The van der Waals surface area contributed by atoms with Crippen LogP contribution in [0, 0.1) is 13.8 Å². The van der Waals surface area contributed by atoms with E-state index >= 15 is 0 Å². The van der Waals surface area contributed by atoms with E-state index in [0.717, 1.165) is 44.2 Å². The molecule has 142 valence electrons. The van der Waals surface area contributed by atoms with E-state index < -0.39 is 0 Å². The quantitative estimate of drug-likeness (QED) is 0.340. The van der Waals surface area contributed by atoms with Crippen LogP contribution in [0.25, 0.3) is 33.1 Å². The Balaban J connectivity index is 1.77. The lowest BCUT2D eigenvalue weighted by Gasteiger charge is -2.10. The highest BCUT2D eigenvalue weighted by Crippen LogP contribution is 2.37. The van der Waals surface area contributed by atoms with Gasteiger partial charge in [0.15, 0.2) is 0 Å². The van der Waals surface area contributed by atoms with Crippen molar-refractivity contribution in [3.8, 4) is 11.1 Å². The first-order valence-electron chi connectivity index (χ1n) is 9.70. The maximum absolute atomic E-state index is 12.8. The molecule has 0 aliphatic heterocycles. The number of aryl methyl sites for hydroxylation is 2. The predicted molar refractivity (Wildman–Crippen MR) is 116 cm³/mol. The molecule has 3 heteroatoms. The Morgan fingerprint density at radius 1 is 0.793 bits per heavy atom. The molecule has 0 fully saturated rings. The summed E-state index contributed by atoms with van der Waals surface area (Å²) in [6.45, 7) is 3.95. The molecule has 29 heavy (non-hydrogen) atoms. The van der Waals surface area contributed by atoms with Crippen molar-refractivity contribution in [3.05, 3.63) is 106 Å². The van der Waals surface area contributed by atoms with Gasteiger partial charge in [-0.25, -0.2) is 4.79 Å². The molecule has 0 atom stereocenters. The van der Waals surface area contributed by atoms with Crippen molar-refractivity contribution < 1.29 is 8.83 Å². The Labute approximate surface area is 168 Å². The largest absolute Gasteiger partial charge is 0.463 e. The maximum atomic E-state index is 12.8. The number of rotatable bonds is 3. The van der Waals surface area contributed by atoms with E-state index in [4.69, 9.17) is 8.83 Å². The Kier molecular flexibility index (Phi) is 4.09. The van der Waals surface area contributed by atoms with Crippen molar-refractivity contribution in [2.75, 3.05) is 0 Å². The summed E-state index contributed by atoms with van der Waals surface area (Å²) in [6, 6.07) is 22.3. The van der Waals surface area contributed by atoms with E-state index in [-0.39, 0.29) is 5.63 Å². The van der Waals surface area contributed by atoms with E-state index in [0.29, 0.717) is 17.6 Å². The summed E-state index contributed by atoms with van der Waals surface area (Å²) in [5, 5.41) is 1.99. The molecular formula is C26H20O3. The molecule has 2 heterocycles. The molecule has 0 spiro atoms. The number of fused-ring (bicyclic) bond motifs is 2. The number of benzene rings is 3. The van der Waals surface area contributed by atoms with E-state index in [1.165, 1.54) is 0 Å². The third kappa shape index (κ3) is 2.87. The van der Waals surface area contributed by atoms with E-state index in [9.17, 15) is 4.79 Å². The smallest absolute Gasteiger partial charge is 0.340 e. The molecule has 0 N–H and O–H groups in total. The fourth-order valence-corrected chi connectivity index (χ4v) is 4.04. The Morgan fingerprint density at radius 3 is 2.21 bits per heavy atom. The topological polar surface area (TPSA) is 43.4 Å². The summed E-state index contributed by atoms with van der Waals surface area (Å²) in [4.78, 5) is 12.8. The summed E-state index contributed by atoms with van der Waals surface area (Å²) in [6.07, 6.45) is 2.34. The van der Waals surface area contributed by atoms with Gasteiger partial charge in [0.2, 0.25) is 0 Å².